The summed E-state index contributed by atoms with van der Waals surface area (Å²) in [4.78, 5) is 12.4. The quantitative estimate of drug-likeness (QED) is 0.902. The third kappa shape index (κ3) is 2.65. The van der Waals surface area contributed by atoms with Gasteiger partial charge in [-0.05, 0) is 24.6 Å². The number of hydrogen-bond donors (Lipinski definition) is 2. The van der Waals surface area contributed by atoms with Crippen molar-refractivity contribution in [3.63, 3.8) is 0 Å². The first kappa shape index (κ1) is 14.1. The first-order chi connectivity index (χ1) is 10.1. The summed E-state index contributed by atoms with van der Waals surface area (Å²) in [7, 11) is 0. The molecule has 1 aliphatic heterocycles. The van der Waals surface area contributed by atoms with Crippen LogP contribution >= 0.6 is 11.6 Å². The molecule has 0 bridgehead atoms. The Labute approximate surface area is 126 Å². The molecule has 1 aromatic heterocycles. The fourth-order valence-corrected chi connectivity index (χ4v) is 2.52. The number of anilines is 1. The molecule has 1 unspecified atom stereocenters. The molecule has 110 valence electrons. The summed E-state index contributed by atoms with van der Waals surface area (Å²) in [5.74, 6) is -0.282. The van der Waals surface area contributed by atoms with E-state index >= 15 is 0 Å². The number of nitrogens with one attached hydrogen (secondary N) is 1. The molecule has 3 N–H and O–H groups in total. The highest BCUT2D eigenvalue weighted by atomic mass is 35.5. The van der Waals surface area contributed by atoms with E-state index in [9.17, 15) is 4.79 Å². The van der Waals surface area contributed by atoms with Crippen LogP contribution in [0.3, 0.4) is 0 Å². The van der Waals surface area contributed by atoms with E-state index in [4.69, 9.17) is 22.1 Å². The Balaban J connectivity index is 1.93. The first-order valence-electron chi connectivity index (χ1n) is 6.57. The molecule has 21 heavy (non-hydrogen) atoms. The number of carbonyl (C=O) groups excluding carboxylic acids is 1. The van der Waals surface area contributed by atoms with Gasteiger partial charge in [0.25, 0.3) is 0 Å². The standard InChI is InChI=1S/C14H15ClN4O2/c15-10-3-1-4-11(12(10)19-7-2-6-17-19)18-13(20)14(16)5-8-21-9-14/h1-4,6-7H,5,8-9,16H2,(H,18,20). The van der Waals surface area contributed by atoms with Crippen molar-refractivity contribution in [3.8, 4) is 5.69 Å². The number of benzene rings is 1. The molecule has 0 aliphatic carbocycles. The number of hydrogen-bond acceptors (Lipinski definition) is 4. The zero-order valence-electron chi connectivity index (χ0n) is 11.3. The van der Waals surface area contributed by atoms with Crippen LogP contribution in [0.2, 0.25) is 5.02 Å². The molecule has 0 saturated carbocycles. The Hall–Kier alpha value is -1.89. The van der Waals surface area contributed by atoms with Crippen molar-refractivity contribution in [3.05, 3.63) is 41.7 Å². The van der Waals surface area contributed by atoms with Crippen LogP contribution in [0.1, 0.15) is 6.42 Å². The van der Waals surface area contributed by atoms with E-state index in [1.807, 2.05) is 0 Å². The van der Waals surface area contributed by atoms with E-state index in [1.54, 1.807) is 41.3 Å². The smallest absolute Gasteiger partial charge is 0.247 e. The highest BCUT2D eigenvalue weighted by molar-refractivity contribution is 6.33. The number of ether oxygens (including phenoxy) is 1. The Kier molecular flexibility index (Phi) is 3.67. The molecule has 1 amide bonds. The number of para-hydroxylation sites is 1. The van der Waals surface area contributed by atoms with Crippen LogP contribution in [0, 0.1) is 0 Å². The Morgan fingerprint density at radius 1 is 1.48 bits per heavy atom. The number of halogens is 1. The van der Waals surface area contributed by atoms with E-state index in [0.717, 1.165) is 0 Å². The molecule has 1 fully saturated rings. The van der Waals surface area contributed by atoms with Gasteiger partial charge in [0.1, 0.15) is 11.2 Å². The monoisotopic (exact) mass is 306 g/mol. The van der Waals surface area contributed by atoms with E-state index in [-0.39, 0.29) is 12.5 Å². The lowest BCUT2D eigenvalue weighted by Crippen LogP contribution is -2.51. The lowest BCUT2D eigenvalue weighted by Gasteiger charge is -2.22. The van der Waals surface area contributed by atoms with Gasteiger partial charge < -0.3 is 15.8 Å². The molecule has 2 heterocycles. The van der Waals surface area contributed by atoms with Gasteiger partial charge in [0.05, 0.1) is 17.3 Å². The minimum absolute atomic E-state index is 0.219. The topological polar surface area (TPSA) is 82.2 Å². The lowest BCUT2D eigenvalue weighted by atomic mass is 9.99. The van der Waals surface area contributed by atoms with Crippen LogP contribution in [0.4, 0.5) is 5.69 Å². The largest absolute Gasteiger partial charge is 0.379 e. The molecule has 1 atom stereocenters. The Bertz CT molecular complexity index is 651. The van der Waals surface area contributed by atoms with Gasteiger partial charge in [0.15, 0.2) is 0 Å². The summed E-state index contributed by atoms with van der Waals surface area (Å²) in [6, 6.07) is 7.05. The van der Waals surface area contributed by atoms with Gasteiger partial charge in [-0.1, -0.05) is 17.7 Å². The normalized spacial score (nSPS) is 21.4. The van der Waals surface area contributed by atoms with Gasteiger partial charge in [0, 0.05) is 19.0 Å². The van der Waals surface area contributed by atoms with Gasteiger partial charge in [-0.25, -0.2) is 4.68 Å². The van der Waals surface area contributed by atoms with Gasteiger partial charge in [-0.15, -0.1) is 0 Å². The van der Waals surface area contributed by atoms with Crippen molar-refractivity contribution in [1.29, 1.82) is 0 Å². The number of nitrogens with two attached hydrogens (primary N) is 1. The van der Waals surface area contributed by atoms with Crippen LogP contribution in [0.5, 0.6) is 0 Å². The molecule has 1 saturated heterocycles. The second-order valence-corrected chi connectivity index (χ2v) is 5.41. The number of carbonyl (C=O) groups is 1. The van der Waals surface area contributed by atoms with E-state index in [1.165, 1.54) is 0 Å². The molecule has 1 aromatic carbocycles. The van der Waals surface area contributed by atoms with Crippen molar-refractivity contribution in [2.75, 3.05) is 18.5 Å². The van der Waals surface area contributed by atoms with Crippen LogP contribution in [-0.2, 0) is 9.53 Å². The minimum Gasteiger partial charge on any atom is -0.379 e. The van der Waals surface area contributed by atoms with Crippen LogP contribution in [0.25, 0.3) is 5.69 Å². The van der Waals surface area contributed by atoms with E-state index in [0.29, 0.717) is 29.4 Å². The third-order valence-electron chi connectivity index (χ3n) is 3.47. The maximum absolute atomic E-state index is 12.4. The molecule has 3 rings (SSSR count). The van der Waals surface area contributed by atoms with E-state index in [2.05, 4.69) is 10.4 Å². The summed E-state index contributed by atoms with van der Waals surface area (Å²) in [5, 5.41) is 7.48. The second kappa shape index (κ2) is 5.48. The number of aromatic nitrogens is 2. The zero-order chi connectivity index (χ0) is 14.9. The molecule has 7 heteroatoms. The van der Waals surface area contributed by atoms with E-state index < -0.39 is 5.54 Å². The highest BCUT2D eigenvalue weighted by Crippen LogP contribution is 2.29. The Morgan fingerprint density at radius 3 is 3.00 bits per heavy atom. The molecule has 2 aromatic rings. The van der Waals surface area contributed by atoms with Crippen LogP contribution in [-0.4, -0.2) is 34.4 Å². The molecule has 1 aliphatic rings. The highest BCUT2D eigenvalue weighted by Gasteiger charge is 2.38. The number of amides is 1. The fraction of sp³-hybridized carbons (Fsp3) is 0.286. The average Bonchev–Trinajstić information content (AvgIpc) is 3.11. The van der Waals surface area contributed by atoms with Gasteiger partial charge in [-0.3, -0.25) is 4.79 Å². The third-order valence-corrected chi connectivity index (χ3v) is 3.78. The van der Waals surface area contributed by atoms with Crippen molar-refractivity contribution in [2.45, 2.75) is 12.0 Å². The summed E-state index contributed by atoms with van der Waals surface area (Å²) >= 11 is 6.23. The second-order valence-electron chi connectivity index (χ2n) is 5.00. The SMILES string of the molecule is NC1(C(=O)Nc2cccc(Cl)c2-n2cccn2)CCOC1. The first-order valence-corrected chi connectivity index (χ1v) is 6.94. The van der Waals surface area contributed by atoms with Gasteiger partial charge in [-0.2, -0.15) is 5.10 Å². The van der Waals surface area contributed by atoms with Crippen LogP contribution < -0.4 is 11.1 Å². The predicted molar refractivity (Wildman–Crippen MR) is 79.6 cm³/mol. The number of nitrogens with zero attached hydrogens (tertiary/aromatic N) is 2. The lowest BCUT2D eigenvalue weighted by molar-refractivity contribution is -0.121. The van der Waals surface area contributed by atoms with Crippen LogP contribution in [0.15, 0.2) is 36.7 Å². The van der Waals surface area contributed by atoms with Crippen molar-refractivity contribution < 1.29 is 9.53 Å². The van der Waals surface area contributed by atoms with Gasteiger partial charge >= 0.3 is 0 Å². The molecule has 0 radical (unpaired) electrons. The summed E-state index contributed by atoms with van der Waals surface area (Å²) in [6.07, 6.45) is 3.90. The molecular weight excluding hydrogens is 292 g/mol. The summed E-state index contributed by atoms with van der Waals surface area (Å²) in [5.41, 5.74) is 6.24. The van der Waals surface area contributed by atoms with Crippen molar-refractivity contribution >= 4 is 23.2 Å². The summed E-state index contributed by atoms with van der Waals surface area (Å²) in [6.45, 7) is 0.710. The molecular formula is C14H15ClN4O2. The molecule has 6 nitrogen and oxygen atoms in total. The number of rotatable bonds is 3. The average molecular weight is 307 g/mol. The summed E-state index contributed by atoms with van der Waals surface area (Å²) < 4.78 is 6.82. The maximum atomic E-state index is 12.4. The van der Waals surface area contributed by atoms with Gasteiger partial charge in [0.2, 0.25) is 5.91 Å². The van der Waals surface area contributed by atoms with Crippen molar-refractivity contribution in [1.82, 2.24) is 9.78 Å². The minimum atomic E-state index is -0.996. The zero-order valence-corrected chi connectivity index (χ0v) is 12.0. The maximum Gasteiger partial charge on any atom is 0.247 e. The van der Waals surface area contributed by atoms with Crippen molar-refractivity contribution in [2.24, 2.45) is 5.73 Å². The molecule has 0 spiro atoms. The Morgan fingerprint density at radius 2 is 2.33 bits per heavy atom. The predicted octanol–water partition coefficient (Wildman–Crippen LogP) is 1.58. The fourth-order valence-electron chi connectivity index (χ4n) is 2.26.